The second-order valence-electron chi connectivity index (χ2n) is 1.96. The van der Waals surface area contributed by atoms with Crippen molar-refractivity contribution in [3.05, 3.63) is 12.2 Å². The molecule has 0 fully saturated rings. The fourth-order valence-corrected chi connectivity index (χ4v) is 0.845. The van der Waals surface area contributed by atoms with Crippen LogP contribution in [0, 0.1) is 0 Å². The zero-order valence-corrected chi connectivity index (χ0v) is 8.26. The van der Waals surface area contributed by atoms with Gasteiger partial charge in [0.05, 0.1) is 13.0 Å². The van der Waals surface area contributed by atoms with Crippen LogP contribution in [0.3, 0.4) is 0 Å². The number of carbonyl (C=O) groups excluding carboxylic acids is 1. The van der Waals surface area contributed by atoms with Gasteiger partial charge >= 0.3 is 5.97 Å². The summed E-state index contributed by atoms with van der Waals surface area (Å²) in [5.74, 6) is -0.154. The molecule has 0 aliphatic carbocycles. The lowest BCUT2D eigenvalue weighted by atomic mass is 10.3. The molecule has 0 spiro atoms. The van der Waals surface area contributed by atoms with Crippen molar-refractivity contribution in [1.29, 1.82) is 0 Å². The van der Waals surface area contributed by atoms with Crippen LogP contribution < -0.4 is 0 Å². The number of alkyl halides is 1. The number of ether oxygens (including phenoxy) is 1. The molecule has 0 heterocycles. The predicted molar refractivity (Wildman–Crippen MR) is 48.8 cm³/mol. The fraction of sp³-hybridized carbons (Fsp3) is 0.625. The highest BCUT2D eigenvalue weighted by Gasteiger charge is 1.94. The summed E-state index contributed by atoms with van der Waals surface area (Å²) in [4.78, 5) is 10.7. The Hall–Kier alpha value is -0.310. The molecule has 0 bridgehead atoms. The van der Waals surface area contributed by atoms with Crippen molar-refractivity contribution in [2.24, 2.45) is 0 Å². The molecule has 0 unspecified atom stereocenters. The maximum Gasteiger partial charge on any atom is 0.309 e. The van der Waals surface area contributed by atoms with E-state index in [0.29, 0.717) is 13.0 Å². The van der Waals surface area contributed by atoms with Gasteiger partial charge in [-0.15, -0.1) is 0 Å². The maximum atomic E-state index is 10.7. The summed E-state index contributed by atoms with van der Waals surface area (Å²) in [6.07, 6.45) is 5.14. The molecule has 0 aromatic carbocycles. The molecule has 3 heteroatoms. The molecule has 0 N–H and O–H groups in total. The molecule has 0 saturated heterocycles. The molecule has 0 aromatic heterocycles. The van der Waals surface area contributed by atoms with Gasteiger partial charge in [0.15, 0.2) is 0 Å². The lowest BCUT2D eigenvalue weighted by Gasteiger charge is -1.95. The average molecular weight is 221 g/mol. The van der Waals surface area contributed by atoms with E-state index >= 15 is 0 Å². The molecular weight excluding hydrogens is 208 g/mol. The topological polar surface area (TPSA) is 26.3 Å². The minimum Gasteiger partial charge on any atom is -0.466 e. The quantitative estimate of drug-likeness (QED) is 0.404. The van der Waals surface area contributed by atoms with E-state index in [1.807, 2.05) is 12.2 Å². The van der Waals surface area contributed by atoms with Crippen LogP contribution in [0.4, 0.5) is 0 Å². The van der Waals surface area contributed by atoms with Crippen LogP contribution in [-0.4, -0.2) is 17.9 Å². The summed E-state index contributed by atoms with van der Waals surface area (Å²) in [6.45, 7) is 2.27. The van der Waals surface area contributed by atoms with Crippen molar-refractivity contribution in [2.45, 2.75) is 19.8 Å². The van der Waals surface area contributed by atoms with Gasteiger partial charge in [-0.3, -0.25) is 4.79 Å². The Labute approximate surface area is 75.7 Å². The van der Waals surface area contributed by atoms with Crippen molar-refractivity contribution in [3.8, 4) is 0 Å². The maximum absolute atomic E-state index is 10.7. The Morgan fingerprint density at radius 1 is 1.55 bits per heavy atom. The van der Waals surface area contributed by atoms with Gasteiger partial charge in [-0.05, 0) is 13.3 Å². The smallest absolute Gasteiger partial charge is 0.309 e. The molecule has 0 aliphatic rings. The Balaban J connectivity index is 3.29. The largest absolute Gasteiger partial charge is 0.466 e. The molecule has 2 nitrogen and oxygen atoms in total. The lowest BCUT2D eigenvalue weighted by molar-refractivity contribution is -0.142. The van der Waals surface area contributed by atoms with Gasteiger partial charge in [0.25, 0.3) is 0 Å². The highest BCUT2D eigenvalue weighted by atomic mass is 79.9. The first-order valence-corrected chi connectivity index (χ1v) is 4.80. The van der Waals surface area contributed by atoms with E-state index in [4.69, 9.17) is 4.74 Å². The first-order valence-electron chi connectivity index (χ1n) is 3.67. The van der Waals surface area contributed by atoms with Gasteiger partial charge in [0.1, 0.15) is 0 Å². The lowest BCUT2D eigenvalue weighted by Crippen LogP contribution is -2.01. The van der Waals surface area contributed by atoms with Crippen LogP contribution in [0.2, 0.25) is 0 Å². The number of rotatable bonds is 5. The van der Waals surface area contributed by atoms with Crippen LogP contribution in [0.1, 0.15) is 19.8 Å². The molecule has 0 radical (unpaired) electrons. The zero-order valence-electron chi connectivity index (χ0n) is 6.68. The van der Waals surface area contributed by atoms with Gasteiger partial charge in [0.2, 0.25) is 0 Å². The molecule has 0 aromatic rings. The molecule has 0 atom stereocenters. The highest BCUT2D eigenvalue weighted by Crippen LogP contribution is 1.93. The Kier molecular flexibility index (Phi) is 7.57. The monoisotopic (exact) mass is 220 g/mol. The second-order valence-corrected chi connectivity index (χ2v) is 2.75. The molecule has 11 heavy (non-hydrogen) atoms. The average Bonchev–Trinajstić information content (AvgIpc) is 1.99. The minimum atomic E-state index is -0.154. The zero-order chi connectivity index (χ0) is 8.53. The highest BCUT2D eigenvalue weighted by molar-refractivity contribution is 9.09. The summed E-state index contributed by atoms with van der Waals surface area (Å²) in [5, 5.41) is 0.937. The van der Waals surface area contributed by atoms with Crippen LogP contribution in [0.15, 0.2) is 12.2 Å². The van der Waals surface area contributed by atoms with Gasteiger partial charge in [-0.25, -0.2) is 0 Å². The van der Waals surface area contributed by atoms with Crippen molar-refractivity contribution in [3.63, 3.8) is 0 Å². The molecule has 64 valence electrons. The number of hydrogen-bond donors (Lipinski definition) is 0. The van der Waals surface area contributed by atoms with E-state index < -0.39 is 0 Å². The van der Waals surface area contributed by atoms with Gasteiger partial charge in [0, 0.05) is 5.33 Å². The third-order valence-electron chi connectivity index (χ3n) is 1.03. The number of esters is 1. The van der Waals surface area contributed by atoms with Crippen LogP contribution in [0.5, 0.6) is 0 Å². The summed E-state index contributed by atoms with van der Waals surface area (Å²) in [5.41, 5.74) is 0. The normalized spacial score (nSPS) is 10.4. The van der Waals surface area contributed by atoms with Crippen molar-refractivity contribution in [1.82, 2.24) is 0 Å². The number of allylic oxidation sites excluding steroid dienone is 1. The van der Waals surface area contributed by atoms with Crippen molar-refractivity contribution >= 4 is 21.9 Å². The van der Waals surface area contributed by atoms with Gasteiger partial charge in [-0.2, -0.15) is 0 Å². The van der Waals surface area contributed by atoms with E-state index in [9.17, 15) is 4.79 Å². The van der Waals surface area contributed by atoms with Crippen LogP contribution in [-0.2, 0) is 9.53 Å². The van der Waals surface area contributed by atoms with E-state index in [2.05, 4.69) is 15.9 Å². The molecular formula is C8H13BrO2. The Morgan fingerprint density at radius 2 is 2.27 bits per heavy atom. The van der Waals surface area contributed by atoms with Crippen molar-refractivity contribution in [2.75, 3.05) is 11.9 Å². The molecule has 0 saturated carbocycles. The number of halogens is 1. The molecule has 0 amide bonds. The van der Waals surface area contributed by atoms with E-state index in [1.165, 1.54) is 0 Å². The van der Waals surface area contributed by atoms with Crippen LogP contribution >= 0.6 is 15.9 Å². The SMILES string of the molecule is CCOC(=O)C/C=C/CCBr. The summed E-state index contributed by atoms with van der Waals surface area (Å²) < 4.78 is 4.72. The Bertz CT molecular complexity index is 132. The standard InChI is InChI=1S/C8H13BrO2/c1-2-11-8(10)6-4-3-5-7-9/h3-4H,2,5-7H2,1H3/b4-3+. The Morgan fingerprint density at radius 3 is 2.82 bits per heavy atom. The number of hydrogen-bond acceptors (Lipinski definition) is 2. The van der Waals surface area contributed by atoms with E-state index in [-0.39, 0.29) is 5.97 Å². The third kappa shape index (κ3) is 7.59. The molecule has 0 aliphatic heterocycles. The third-order valence-corrected chi connectivity index (χ3v) is 1.49. The summed E-state index contributed by atoms with van der Waals surface area (Å²) >= 11 is 3.28. The minimum absolute atomic E-state index is 0.154. The first-order chi connectivity index (χ1) is 5.31. The molecule has 0 rings (SSSR count). The van der Waals surface area contributed by atoms with Crippen LogP contribution in [0.25, 0.3) is 0 Å². The van der Waals surface area contributed by atoms with Crippen molar-refractivity contribution < 1.29 is 9.53 Å². The summed E-state index contributed by atoms with van der Waals surface area (Å²) in [7, 11) is 0. The van der Waals surface area contributed by atoms with E-state index in [0.717, 1.165) is 11.8 Å². The first kappa shape index (κ1) is 10.7. The number of carbonyl (C=O) groups is 1. The summed E-state index contributed by atoms with van der Waals surface area (Å²) in [6, 6.07) is 0. The fourth-order valence-electron chi connectivity index (χ4n) is 0.580. The second kappa shape index (κ2) is 7.79. The van der Waals surface area contributed by atoms with Gasteiger partial charge in [-0.1, -0.05) is 28.1 Å². The van der Waals surface area contributed by atoms with Gasteiger partial charge < -0.3 is 4.74 Å². The van der Waals surface area contributed by atoms with E-state index in [1.54, 1.807) is 6.92 Å². The predicted octanol–water partition coefficient (Wildman–Crippen LogP) is 2.28.